The quantitative estimate of drug-likeness (QED) is 0.557. The third-order valence-corrected chi connectivity index (χ3v) is 2.30. The monoisotopic (exact) mass is 193 g/mol. The number of nitrogen functional groups attached to an aromatic ring is 1. The summed E-state index contributed by atoms with van der Waals surface area (Å²) in [4.78, 5) is 4.30. The number of rotatable bonds is 6. The molecule has 0 aliphatic heterocycles. The normalized spacial score (nSPS) is 10.4. The van der Waals surface area contributed by atoms with Crippen molar-refractivity contribution in [1.29, 1.82) is 0 Å². The van der Waals surface area contributed by atoms with Gasteiger partial charge in [0.25, 0.3) is 0 Å². The first-order valence-electron chi connectivity index (χ1n) is 5.20. The van der Waals surface area contributed by atoms with E-state index in [9.17, 15) is 0 Å². The molecule has 0 bridgehead atoms. The molecule has 2 N–H and O–H groups in total. The van der Waals surface area contributed by atoms with Gasteiger partial charge in [0.05, 0.1) is 12.0 Å². The fourth-order valence-corrected chi connectivity index (χ4v) is 1.45. The number of aryl methyl sites for hydroxylation is 1. The molecule has 3 nitrogen and oxygen atoms in total. The van der Waals surface area contributed by atoms with E-state index in [2.05, 4.69) is 18.5 Å². The molecule has 1 rings (SSSR count). The second-order valence-corrected chi connectivity index (χ2v) is 3.47. The molecule has 0 amide bonds. The lowest BCUT2D eigenvalue weighted by Crippen LogP contribution is -2.01. The van der Waals surface area contributed by atoms with E-state index < -0.39 is 0 Å². The smallest absolute Gasteiger partial charge is 0.126 e. The van der Waals surface area contributed by atoms with Gasteiger partial charge in [-0.25, -0.2) is 4.98 Å². The predicted molar refractivity (Wildman–Crippen MR) is 60.1 cm³/mol. The molecular weight excluding hydrogens is 174 g/mol. The maximum atomic E-state index is 5.92. The molecule has 0 aliphatic carbocycles. The number of hydrogen-bond donors (Lipinski definition) is 1. The lowest BCUT2D eigenvalue weighted by atomic mass is 10.1. The van der Waals surface area contributed by atoms with Gasteiger partial charge in [-0.3, -0.25) is 0 Å². The van der Waals surface area contributed by atoms with Crippen LogP contribution in [0.15, 0.2) is 19.0 Å². The number of nitrogens with two attached hydrogens (primary N) is 1. The summed E-state index contributed by atoms with van der Waals surface area (Å²) in [6, 6.07) is 0. The van der Waals surface area contributed by atoms with Crippen LogP contribution in [0, 0.1) is 0 Å². The van der Waals surface area contributed by atoms with Crippen molar-refractivity contribution in [3.63, 3.8) is 0 Å². The van der Waals surface area contributed by atoms with Crippen molar-refractivity contribution in [2.24, 2.45) is 0 Å². The molecule has 0 radical (unpaired) electrons. The van der Waals surface area contributed by atoms with Gasteiger partial charge in [-0.15, -0.1) is 6.58 Å². The highest BCUT2D eigenvalue weighted by molar-refractivity contribution is 5.36. The predicted octanol–water partition coefficient (Wildman–Crippen LogP) is 2.38. The minimum absolute atomic E-state index is 0.743. The molecule has 14 heavy (non-hydrogen) atoms. The van der Waals surface area contributed by atoms with Crippen molar-refractivity contribution in [3.05, 3.63) is 24.7 Å². The highest BCUT2D eigenvalue weighted by atomic mass is 15.1. The molecule has 3 heteroatoms. The van der Waals surface area contributed by atoms with Crippen LogP contribution in [0.5, 0.6) is 0 Å². The highest BCUT2D eigenvalue weighted by Crippen LogP contribution is 2.13. The van der Waals surface area contributed by atoms with Crippen LogP contribution in [0.3, 0.4) is 0 Å². The van der Waals surface area contributed by atoms with Gasteiger partial charge in [-0.2, -0.15) is 0 Å². The van der Waals surface area contributed by atoms with Crippen LogP contribution in [0.4, 0.5) is 5.82 Å². The lowest BCUT2D eigenvalue weighted by Gasteiger charge is -2.01. The van der Waals surface area contributed by atoms with E-state index in [1.807, 2.05) is 10.6 Å². The molecule has 1 aromatic rings. The van der Waals surface area contributed by atoms with Crippen LogP contribution in [-0.2, 0) is 13.0 Å². The van der Waals surface area contributed by atoms with E-state index in [1.54, 1.807) is 6.33 Å². The van der Waals surface area contributed by atoms with Crippen LogP contribution in [-0.4, -0.2) is 9.55 Å². The van der Waals surface area contributed by atoms with Gasteiger partial charge in [0, 0.05) is 6.54 Å². The maximum absolute atomic E-state index is 5.92. The van der Waals surface area contributed by atoms with Crippen molar-refractivity contribution in [1.82, 2.24) is 9.55 Å². The topological polar surface area (TPSA) is 43.8 Å². The molecule has 0 saturated carbocycles. The number of allylic oxidation sites excluding steroid dienone is 1. The number of aromatic nitrogens is 2. The van der Waals surface area contributed by atoms with Crippen LogP contribution < -0.4 is 5.73 Å². The van der Waals surface area contributed by atoms with E-state index >= 15 is 0 Å². The van der Waals surface area contributed by atoms with E-state index in [1.165, 1.54) is 19.3 Å². The molecule has 0 unspecified atom stereocenters. The number of unbranched alkanes of at least 4 members (excludes halogenated alkanes) is 2. The second-order valence-electron chi connectivity index (χ2n) is 3.47. The largest absolute Gasteiger partial charge is 0.384 e. The summed E-state index contributed by atoms with van der Waals surface area (Å²) in [5.41, 5.74) is 6.95. The Morgan fingerprint density at radius 3 is 3.00 bits per heavy atom. The Bertz CT molecular complexity index is 289. The molecule has 0 atom stereocenters. The molecule has 78 valence electrons. The summed E-state index contributed by atoms with van der Waals surface area (Å²) in [6.45, 7) is 6.61. The summed E-state index contributed by atoms with van der Waals surface area (Å²) < 4.78 is 1.92. The molecule has 1 heterocycles. The standard InChI is InChI=1S/C11H19N3/c1-3-5-6-7-10-11(12)14(8-4-2)9-13-10/h4,9H,2-3,5-8,12H2,1H3. The fourth-order valence-electron chi connectivity index (χ4n) is 1.45. The van der Waals surface area contributed by atoms with Crippen molar-refractivity contribution >= 4 is 5.82 Å². The lowest BCUT2D eigenvalue weighted by molar-refractivity contribution is 0.710. The highest BCUT2D eigenvalue weighted by Gasteiger charge is 2.05. The van der Waals surface area contributed by atoms with E-state index in [4.69, 9.17) is 5.73 Å². The third-order valence-electron chi connectivity index (χ3n) is 2.30. The maximum Gasteiger partial charge on any atom is 0.126 e. The average molecular weight is 193 g/mol. The Labute approximate surface area is 85.6 Å². The van der Waals surface area contributed by atoms with Gasteiger partial charge in [0.1, 0.15) is 5.82 Å². The van der Waals surface area contributed by atoms with Gasteiger partial charge >= 0.3 is 0 Å². The molecule has 1 aromatic heterocycles. The first kappa shape index (κ1) is 10.8. The zero-order valence-corrected chi connectivity index (χ0v) is 8.87. The zero-order chi connectivity index (χ0) is 10.4. The average Bonchev–Trinajstić information content (AvgIpc) is 2.51. The summed E-state index contributed by atoms with van der Waals surface area (Å²) in [7, 11) is 0. The Morgan fingerprint density at radius 2 is 2.36 bits per heavy atom. The molecular formula is C11H19N3. The fraction of sp³-hybridized carbons (Fsp3) is 0.545. The van der Waals surface area contributed by atoms with Crippen LogP contribution >= 0.6 is 0 Å². The zero-order valence-electron chi connectivity index (χ0n) is 8.87. The van der Waals surface area contributed by atoms with Crippen LogP contribution in [0.25, 0.3) is 0 Å². The van der Waals surface area contributed by atoms with Gasteiger partial charge < -0.3 is 10.3 Å². The molecule has 0 aliphatic rings. The Hall–Kier alpha value is -1.25. The number of anilines is 1. The minimum Gasteiger partial charge on any atom is -0.384 e. The summed E-state index contributed by atoms with van der Waals surface area (Å²) in [6.07, 6.45) is 8.25. The molecule has 0 spiro atoms. The van der Waals surface area contributed by atoms with E-state index in [0.29, 0.717) is 0 Å². The number of imidazole rings is 1. The molecule has 0 fully saturated rings. The van der Waals surface area contributed by atoms with Crippen molar-refractivity contribution in [2.75, 3.05) is 5.73 Å². The Morgan fingerprint density at radius 1 is 1.57 bits per heavy atom. The number of hydrogen-bond acceptors (Lipinski definition) is 2. The SMILES string of the molecule is C=CCn1cnc(CCCCC)c1N. The minimum atomic E-state index is 0.743. The Balaban J connectivity index is 2.55. The van der Waals surface area contributed by atoms with Gasteiger partial charge in [-0.05, 0) is 12.8 Å². The van der Waals surface area contributed by atoms with Gasteiger partial charge in [0.2, 0.25) is 0 Å². The Kier molecular flexibility index (Phi) is 4.23. The van der Waals surface area contributed by atoms with Crippen LogP contribution in [0.2, 0.25) is 0 Å². The van der Waals surface area contributed by atoms with Crippen molar-refractivity contribution < 1.29 is 0 Å². The van der Waals surface area contributed by atoms with Crippen LogP contribution in [0.1, 0.15) is 31.9 Å². The van der Waals surface area contributed by atoms with E-state index in [-0.39, 0.29) is 0 Å². The molecule has 0 aromatic carbocycles. The first-order valence-corrected chi connectivity index (χ1v) is 5.20. The van der Waals surface area contributed by atoms with E-state index in [0.717, 1.165) is 24.5 Å². The second kappa shape index (κ2) is 5.47. The first-order chi connectivity index (χ1) is 6.79. The summed E-state index contributed by atoms with van der Waals surface area (Å²) in [5, 5.41) is 0. The number of nitrogens with zero attached hydrogens (tertiary/aromatic N) is 2. The summed E-state index contributed by atoms with van der Waals surface area (Å²) >= 11 is 0. The van der Waals surface area contributed by atoms with Crippen molar-refractivity contribution in [2.45, 2.75) is 39.2 Å². The third kappa shape index (κ3) is 2.62. The van der Waals surface area contributed by atoms with Gasteiger partial charge in [0.15, 0.2) is 0 Å². The summed E-state index contributed by atoms with van der Waals surface area (Å²) in [5.74, 6) is 0.793. The molecule has 0 saturated heterocycles. The van der Waals surface area contributed by atoms with Gasteiger partial charge in [-0.1, -0.05) is 25.8 Å². The van der Waals surface area contributed by atoms with Crippen molar-refractivity contribution in [3.8, 4) is 0 Å².